The SMILES string of the molecule is CCCCCCC1Oc2cc(C(C)C)c(C(=O)C(C)CC(=O)O)cc2N(C)C1=O. The fourth-order valence-electron chi connectivity index (χ4n) is 3.73. The average Bonchev–Trinajstić information content (AvgIpc) is 2.66. The normalized spacial score (nSPS) is 17.1. The van der Waals surface area contributed by atoms with Crippen LogP contribution in [0.25, 0.3) is 0 Å². The van der Waals surface area contributed by atoms with Gasteiger partial charge in [-0.15, -0.1) is 0 Å². The highest BCUT2D eigenvalue weighted by Crippen LogP contribution is 2.39. The lowest BCUT2D eigenvalue weighted by atomic mass is 9.87. The van der Waals surface area contributed by atoms with Gasteiger partial charge in [0.05, 0.1) is 12.1 Å². The molecule has 160 valence electrons. The number of carboxylic acid groups (broad SMARTS) is 1. The molecular formula is C23H33NO5. The highest BCUT2D eigenvalue weighted by molar-refractivity contribution is 6.05. The number of benzene rings is 1. The second-order valence-electron chi connectivity index (χ2n) is 8.28. The van der Waals surface area contributed by atoms with Crippen molar-refractivity contribution in [1.82, 2.24) is 0 Å². The summed E-state index contributed by atoms with van der Waals surface area (Å²) in [5, 5.41) is 9.04. The monoisotopic (exact) mass is 403 g/mol. The maximum atomic E-state index is 12.9. The Balaban J connectivity index is 2.35. The molecule has 1 aliphatic rings. The van der Waals surface area contributed by atoms with E-state index in [1.54, 1.807) is 24.9 Å². The van der Waals surface area contributed by atoms with E-state index in [1.165, 1.54) is 0 Å². The number of carboxylic acids is 1. The Labute approximate surface area is 173 Å². The summed E-state index contributed by atoms with van der Waals surface area (Å²) >= 11 is 0. The zero-order valence-electron chi connectivity index (χ0n) is 18.2. The summed E-state index contributed by atoms with van der Waals surface area (Å²) in [5.41, 5.74) is 1.85. The quantitative estimate of drug-likeness (QED) is 0.448. The molecule has 0 saturated heterocycles. The number of ether oxygens (including phenoxy) is 1. The van der Waals surface area contributed by atoms with Gasteiger partial charge in [-0.05, 0) is 36.5 Å². The van der Waals surface area contributed by atoms with Gasteiger partial charge in [0.15, 0.2) is 11.9 Å². The van der Waals surface area contributed by atoms with Crippen LogP contribution in [0.4, 0.5) is 5.69 Å². The second-order valence-corrected chi connectivity index (χ2v) is 8.28. The van der Waals surface area contributed by atoms with Gasteiger partial charge in [-0.3, -0.25) is 14.4 Å². The summed E-state index contributed by atoms with van der Waals surface area (Å²) in [4.78, 5) is 38.3. The van der Waals surface area contributed by atoms with E-state index in [4.69, 9.17) is 9.84 Å². The first kappa shape index (κ1) is 22.9. The summed E-state index contributed by atoms with van der Waals surface area (Å²) in [7, 11) is 1.70. The van der Waals surface area contributed by atoms with E-state index in [0.29, 0.717) is 23.4 Å². The summed E-state index contributed by atoms with van der Waals surface area (Å²) < 4.78 is 6.05. The van der Waals surface area contributed by atoms with Crippen LogP contribution in [-0.2, 0) is 9.59 Å². The van der Waals surface area contributed by atoms with Crippen LogP contribution in [-0.4, -0.2) is 35.9 Å². The van der Waals surface area contributed by atoms with Gasteiger partial charge in [0.1, 0.15) is 5.75 Å². The average molecular weight is 404 g/mol. The van der Waals surface area contributed by atoms with Crippen molar-refractivity contribution in [1.29, 1.82) is 0 Å². The van der Waals surface area contributed by atoms with Gasteiger partial charge in [-0.1, -0.05) is 47.0 Å². The third-order valence-corrected chi connectivity index (χ3v) is 5.50. The summed E-state index contributed by atoms with van der Waals surface area (Å²) in [5.74, 6) is -1.30. The Morgan fingerprint density at radius 3 is 2.45 bits per heavy atom. The Morgan fingerprint density at radius 2 is 1.86 bits per heavy atom. The van der Waals surface area contributed by atoms with Gasteiger partial charge in [-0.2, -0.15) is 0 Å². The number of Topliss-reactive ketones (excluding diaryl/α,β-unsaturated/α-hetero) is 1. The first-order valence-corrected chi connectivity index (χ1v) is 10.6. The molecule has 0 aliphatic carbocycles. The largest absolute Gasteiger partial charge is 0.481 e. The number of nitrogens with zero attached hydrogens (tertiary/aromatic N) is 1. The summed E-state index contributed by atoms with van der Waals surface area (Å²) in [6.45, 7) is 7.74. The highest BCUT2D eigenvalue weighted by Gasteiger charge is 2.34. The molecule has 1 heterocycles. The Kier molecular flexibility index (Phi) is 7.82. The first-order chi connectivity index (χ1) is 13.7. The van der Waals surface area contributed by atoms with Gasteiger partial charge in [-0.25, -0.2) is 0 Å². The molecule has 2 unspecified atom stereocenters. The second kappa shape index (κ2) is 9.90. The number of aliphatic carboxylic acids is 1. The number of amides is 1. The molecule has 1 aliphatic heterocycles. The smallest absolute Gasteiger partial charge is 0.304 e. The maximum absolute atomic E-state index is 12.9. The molecule has 2 atom stereocenters. The minimum Gasteiger partial charge on any atom is -0.481 e. The Hall–Kier alpha value is -2.37. The summed E-state index contributed by atoms with van der Waals surface area (Å²) in [6.07, 6.45) is 4.24. The molecule has 1 aromatic carbocycles. The number of likely N-dealkylation sites (N-methyl/N-ethyl adjacent to an activating group) is 1. The van der Waals surface area contributed by atoms with Crippen molar-refractivity contribution in [2.24, 2.45) is 5.92 Å². The standard InChI is InChI=1S/C23H33NO5/c1-6-7-8-9-10-19-23(28)24(5)18-12-17(22(27)15(4)11-21(25)26)16(14(2)3)13-20(18)29-19/h12-15,19H,6-11H2,1-5H3,(H,25,26). The molecule has 0 fully saturated rings. The molecule has 6 heteroatoms. The van der Waals surface area contributed by atoms with E-state index in [0.717, 1.165) is 31.2 Å². The number of unbranched alkanes of at least 4 members (excludes halogenated alkanes) is 3. The topological polar surface area (TPSA) is 83.9 Å². The van der Waals surface area contributed by atoms with E-state index in [2.05, 4.69) is 6.92 Å². The van der Waals surface area contributed by atoms with Crippen LogP contribution in [0.1, 0.15) is 88.1 Å². The third-order valence-electron chi connectivity index (χ3n) is 5.50. The zero-order valence-corrected chi connectivity index (χ0v) is 18.2. The lowest BCUT2D eigenvalue weighted by Gasteiger charge is -2.33. The fourth-order valence-corrected chi connectivity index (χ4v) is 3.73. The van der Waals surface area contributed by atoms with Crippen molar-refractivity contribution in [2.75, 3.05) is 11.9 Å². The number of fused-ring (bicyclic) bond motifs is 1. The van der Waals surface area contributed by atoms with E-state index in [-0.39, 0.29) is 24.0 Å². The van der Waals surface area contributed by atoms with Crippen molar-refractivity contribution in [3.63, 3.8) is 0 Å². The van der Waals surface area contributed by atoms with E-state index < -0.39 is 18.0 Å². The third kappa shape index (κ3) is 5.37. The predicted octanol–water partition coefficient (Wildman–Crippen LogP) is 4.80. The van der Waals surface area contributed by atoms with Crippen molar-refractivity contribution in [2.45, 2.75) is 78.2 Å². The highest BCUT2D eigenvalue weighted by atomic mass is 16.5. The van der Waals surface area contributed by atoms with Crippen molar-refractivity contribution >= 4 is 23.3 Å². The molecular weight excluding hydrogens is 370 g/mol. The number of carbonyl (C=O) groups is 3. The Morgan fingerprint density at radius 1 is 1.17 bits per heavy atom. The molecule has 2 rings (SSSR count). The van der Waals surface area contributed by atoms with Crippen LogP contribution >= 0.6 is 0 Å². The minimum atomic E-state index is -1.00. The van der Waals surface area contributed by atoms with Crippen LogP contribution in [0.3, 0.4) is 0 Å². The molecule has 1 aromatic rings. The number of hydrogen-bond acceptors (Lipinski definition) is 4. The lowest BCUT2D eigenvalue weighted by molar-refractivity contribution is -0.137. The van der Waals surface area contributed by atoms with Crippen LogP contribution < -0.4 is 9.64 Å². The van der Waals surface area contributed by atoms with Gasteiger partial charge in [0.25, 0.3) is 5.91 Å². The Bertz CT molecular complexity index is 771. The number of anilines is 1. The number of carbonyl (C=O) groups excluding carboxylic acids is 2. The van der Waals surface area contributed by atoms with Crippen molar-refractivity contribution < 1.29 is 24.2 Å². The summed E-state index contributed by atoms with van der Waals surface area (Å²) in [6, 6.07) is 3.54. The van der Waals surface area contributed by atoms with Crippen molar-refractivity contribution in [3.8, 4) is 5.75 Å². The predicted molar refractivity (Wildman–Crippen MR) is 113 cm³/mol. The molecule has 0 aromatic heterocycles. The van der Waals surface area contributed by atoms with E-state index in [1.807, 2.05) is 19.9 Å². The lowest BCUT2D eigenvalue weighted by Crippen LogP contribution is -2.44. The number of rotatable bonds is 10. The number of hydrogen-bond donors (Lipinski definition) is 1. The molecule has 0 bridgehead atoms. The van der Waals surface area contributed by atoms with E-state index in [9.17, 15) is 14.4 Å². The molecule has 29 heavy (non-hydrogen) atoms. The fraction of sp³-hybridized carbons (Fsp3) is 0.609. The number of ketones is 1. The molecule has 1 amide bonds. The van der Waals surface area contributed by atoms with Gasteiger partial charge in [0, 0.05) is 18.5 Å². The van der Waals surface area contributed by atoms with Crippen LogP contribution in [0, 0.1) is 5.92 Å². The minimum absolute atomic E-state index is 0.0609. The van der Waals surface area contributed by atoms with Gasteiger partial charge in [0.2, 0.25) is 0 Å². The van der Waals surface area contributed by atoms with Gasteiger partial charge >= 0.3 is 5.97 Å². The van der Waals surface area contributed by atoms with Crippen LogP contribution in [0.15, 0.2) is 12.1 Å². The molecule has 1 N–H and O–H groups in total. The molecule has 0 spiro atoms. The maximum Gasteiger partial charge on any atom is 0.304 e. The zero-order chi connectivity index (χ0) is 21.7. The molecule has 0 radical (unpaired) electrons. The molecule has 0 saturated carbocycles. The molecule has 6 nitrogen and oxygen atoms in total. The van der Waals surface area contributed by atoms with Crippen LogP contribution in [0.2, 0.25) is 0 Å². The first-order valence-electron chi connectivity index (χ1n) is 10.6. The van der Waals surface area contributed by atoms with Gasteiger partial charge < -0.3 is 14.7 Å². The van der Waals surface area contributed by atoms with E-state index >= 15 is 0 Å². The van der Waals surface area contributed by atoms with Crippen molar-refractivity contribution in [3.05, 3.63) is 23.3 Å². The van der Waals surface area contributed by atoms with Crippen LogP contribution in [0.5, 0.6) is 5.75 Å².